The Balaban J connectivity index is 1.51. The highest BCUT2D eigenvalue weighted by Gasteiger charge is 2.24. The van der Waals surface area contributed by atoms with Gasteiger partial charge in [0.2, 0.25) is 0 Å². The van der Waals surface area contributed by atoms with E-state index in [2.05, 4.69) is 0 Å². The van der Waals surface area contributed by atoms with Crippen molar-refractivity contribution < 1.29 is 18.7 Å². The smallest absolute Gasteiger partial charge is 0.255 e. The molecule has 0 aliphatic carbocycles. The number of nitrogens with two attached hydrogens (primary N) is 1. The van der Waals surface area contributed by atoms with Crippen molar-refractivity contribution in [1.29, 1.82) is 0 Å². The number of primary amides is 1. The first-order chi connectivity index (χ1) is 13.0. The van der Waals surface area contributed by atoms with Gasteiger partial charge in [0.1, 0.15) is 11.6 Å². The molecule has 0 radical (unpaired) electrons. The molecule has 27 heavy (non-hydrogen) atoms. The van der Waals surface area contributed by atoms with Crippen LogP contribution in [0.4, 0.5) is 4.39 Å². The molecular weight excluding hydrogens is 347 g/mol. The predicted molar refractivity (Wildman–Crippen MR) is 99.9 cm³/mol. The van der Waals surface area contributed by atoms with Crippen LogP contribution < -0.4 is 10.5 Å². The van der Waals surface area contributed by atoms with E-state index in [0.717, 1.165) is 24.8 Å². The highest BCUT2D eigenvalue weighted by molar-refractivity contribution is 5.94. The van der Waals surface area contributed by atoms with Gasteiger partial charge in [-0.05, 0) is 67.1 Å². The molecule has 2 amide bonds. The lowest BCUT2D eigenvalue weighted by Crippen LogP contribution is -2.38. The molecule has 0 bridgehead atoms. The van der Waals surface area contributed by atoms with E-state index in [1.165, 1.54) is 6.07 Å². The van der Waals surface area contributed by atoms with E-state index in [1.807, 2.05) is 11.0 Å². The predicted octanol–water partition coefficient (Wildman–Crippen LogP) is 2.78. The standard InChI is InChI=1S/C21H23FN2O3/c22-18-3-1-2-16(13-18)12-15-8-10-24(11-9-15)21(26)17-4-6-19(7-5-17)27-14-20(23)25/h1-7,13,15H,8-12,14H2,(H2,23,25). The second kappa shape index (κ2) is 8.66. The molecule has 1 aliphatic rings. The van der Waals surface area contributed by atoms with E-state index in [1.54, 1.807) is 36.4 Å². The van der Waals surface area contributed by atoms with Crippen LogP contribution in [0.1, 0.15) is 28.8 Å². The Morgan fingerprint density at radius 2 is 1.81 bits per heavy atom. The van der Waals surface area contributed by atoms with Crippen molar-refractivity contribution in [2.75, 3.05) is 19.7 Å². The number of nitrogens with zero attached hydrogens (tertiary/aromatic N) is 1. The van der Waals surface area contributed by atoms with Crippen LogP contribution in [0.2, 0.25) is 0 Å². The van der Waals surface area contributed by atoms with Gasteiger partial charge >= 0.3 is 0 Å². The number of carbonyl (C=O) groups excluding carboxylic acids is 2. The summed E-state index contributed by atoms with van der Waals surface area (Å²) in [5.41, 5.74) is 6.63. The summed E-state index contributed by atoms with van der Waals surface area (Å²) >= 11 is 0. The van der Waals surface area contributed by atoms with Crippen LogP contribution in [0, 0.1) is 11.7 Å². The summed E-state index contributed by atoms with van der Waals surface area (Å²) in [6.07, 6.45) is 2.65. The van der Waals surface area contributed by atoms with Crippen LogP contribution >= 0.6 is 0 Å². The number of hydrogen-bond donors (Lipinski definition) is 1. The fraction of sp³-hybridized carbons (Fsp3) is 0.333. The molecule has 0 aromatic heterocycles. The van der Waals surface area contributed by atoms with Crippen LogP contribution in [-0.2, 0) is 11.2 Å². The van der Waals surface area contributed by atoms with E-state index in [-0.39, 0.29) is 18.3 Å². The van der Waals surface area contributed by atoms with E-state index in [4.69, 9.17) is 10.5 Å². The largest absolute Gasteiger partial charge is 0.484 e. The minimum atomic E-state index is -0.545. The molecule has 2 aromatic rings. The van der Waals surface area contributed by atoms with Gasteiger partial charge in [-0.1, -0.05) is 12.1 Å². The first-order valence-electron chi connectivity index (χ1n) is 9.06. The van der Waals surface area contributed by atoms with Gasteiger partial charge < -0.3 is 15.4 Å². The Kier molecular flexibility index (Phi) is 6.06. The Bertz CT molecular complexity index is 799. The van der Waals surface area contributed by atoms with Crippen molar-refractivity contribution in [3.8, 4) is 5.75 Å². The van der Waals surface area contributed by atoms with Crippen molar-refractivity contribution in [1.82, 2.24) is 4.90 Å². The average molecular weight is 370 g/mol. The molecule has 0 unspecified atom stereocenters. The molecule has 1 aliphatic heterocycles. The molecule has 1 saturated heterocycles. The average Bonchev–Trinajstić information content (AvgIpc) is 2.67. The van der Waals surface area contributed by atoms with Crippen molar-refractivity contribution in [2.45, 2.75) is 19.3 Å². The van der Waals surface area contributed by atoms with E-state index >= 15 is 0 Å². The molecule has 5 nitrogen and oxygen atoms in total. The van der Waals surface area contributed by atoms with Crippen LogP contribution in [-0.4, -0.2) is 36.4 Å². The van der Waals surface area contributed by atoms with Crippen molar-refractivity contribution in [2.24, 2.45) is 11.7 Å². The number of rotatable bonds is 6. The van der Waals surface area contributed by atoms with Gasteiger partial charge in [-0.2, -0.15) is 0 Å². The third-order valence-electron chi connectivity index (χ3n) is 4.80. The summed E-state index contributed by atoms with van der Waals surface area (Å²) in [6, 6.07) is 13.4. The molecule has 142 valence electrons. The lowest BCUT2D eigenvalue weighted by Gasteiger charge is -2.32. The van der Waals surface area contributed by atoms with Gasteiger partial charge in [0, 0.05) is 18.7 Å². The maximum atomic E-state index is 13.3. The Labute approximate surface area is 157 Å². The number of benzene rings is 2. The lowest BCUT2D eigenvalue weighted by atomic mass is 9.90. The molecule has 3 rings (SSSR count). The van der Waals surface area contributed by atoms with Crippen LogP contribution in [0.15, 0.2) is 48.5 Å². The molecule has 0 saturated carbocycles. The summed E-state index contributed by atoms with van der Waals surface area (Å²) in [7, 11) is 0. The van der Waals surface area contributed by atoms with Gasteiger partial charge in [-0.25, -0.2) is 4.39 Å². The third-order valence-corrected chi connectivity index (χ3v) is 4.80. The van der Waals surface area contributed by atoms with Gasteiger partial charge in [-0.3, -0.25) is 9.59 Å². The van der Waals surface area contributed by atoms with Crippen LogP contribution in [0.3, 0.4) is 0 Å². The minimum Gasteiger partial charge on any atom is -0.484 e. The fourth-order valence-corrected chi connectivity index (χ4v) is 3.37. The maximum absolute atomic E-state index is 13.3. The summed E-state index contributed by atoms with van der Waals surface area (Å²) in [6.45, 7) is 1.20. The highest BCUT2D eigenvalue weighted by atomic mass is 19.1. The van der Waals surface area contributed by atoms with Gasteiger partial charge in [0.05, 0.1) is 0 Å². The summed E-state index contributed by atoms with van der Waals surface area (Å²) in [4.78, 5) is 25.2. The molecular formula is C21H23FN2O3. The van der Waals surface area contributed by atoms with Gasteiger partial charge in [0.15, 0.2) is 6.61 Å². The molecule has 1 fully saturated rings. The number of amides is 2. The fourth-order valence-electron chi connectivity index (χ4n) is 3.37. The summed E-state index contributed by atoms with van der Waals surface area (Å²) < 4.78 is 18.5. The quantitative estimate of drug-likeness (QED) is 0.850. The van der Waals surface area contributed by atoms with Crippen molar-refractivity contribution in [3.05, 3.63) is 65.5 Å². The zero-order valence-electron chi connectivity index (χ0n) is 15.1. The number of likely N-dealkylation sites (tertiary alicyclic amines) is 1. The number of hydrogen-bond acceptors (Lipinski definition) is 3. The molecule has 0 spiro atoms. The van der Waals surface area contributed by atoms with Gasteiger partial charge in [-0.15, -0.1) is 0 Å². The zero-order chi connectivity index (χ0) is 19.2. The number of ether oxygens (including phenoxy) is 1. The Morgan fingerprint density at radius 1 is 1.11 bits per heavy atom. The first-order valence-corrected chi connectivity index (χ1v) is 9.06. The van der Waals surface area contributed by atoms with E-state index in [9.17, 15) is 14.0 Å². The van der Waals surface area contributed by atoms with Gasteiger partial charge in [0.25, 0.3) is 11.8 Å². The SMILES string of the molecule is NC(=O)COc1ccc(C(=O)N2CCC(Cc3cccc(F)c3)CC2)cc1. The normalized spacial score (nSPS) is 14.8. The summed E-state index contributed by atoms with van der Waals surface area (Å²) in [5.74, 6) is 0.194. The molecule has 0 atom stereocenters. The lowest BCUT2D eigenvalue weighted by molar-refractivity contribution is -0.119. The van der Waals surface area contributed by atoms with E-state index < -0.39 is 5.91 Å². The van der Waals surface area contributed by atoms with Crippen molar-refractivity contribution >= 4 is 11.8 Å². The second-order valence-electron chi connectivity index (χ2n) is 6.85. The Hall–Kier alpha value is -2.89. The number of carbonyl (C=O) groups is 2. The molecule has 1 heterocycles. The number of halogens is 1. The topological polar surface area (TPSA) is 72.6 Å². The Morgan fingerprint density at radius 3 is 2.44 bits per heavy atom. The van der Waals surface area contributed by atoms with Crippen LogP contribution in [0.5, 0.6) is 5.75 Å². The third kappa shape index (κ3) is 5.29. The number of piperidine rings is 1. The monoisotopic (exact) mass is 370 g/mol. The molecule has 2 N–H and O–H groups in total. The first kappa shape index (κ1) is 18.9. The molecule has 6 heteroatoms. The zero-order valence-corrected chi connectivity index (χ0v) is 15.1. The van der Waals surface area contributed by atoms with Crippen molar-refractivity contribution in [3.63, 3.8) is 0 Å². The maximum Gasteiger partial charge on any atom is 0.255 e. The minimum absolute atomic E-state index is 0.0133. The highest BCUT2D eigenvalue weighted by Crippen LogP contribution is 2.23. The summed E-state index contributed by atoms with van der Waals surface area (Å²) in [5, 5.41) is 0. The van der Waals surface area contributed by atoms with E-state index in [0.29, 0.717) is 30.3 Å². The molecule has 2 aromatic carbocycles. The second-order valence-corrected chi connectivity index (χ2v) is 6.85. The van der Waals surface area contributed by atoms with Crippen LogP contribution in [0.25, 0.3) is 0 Å².